The molecule has 3 aromatic rings. The predicted octanol–water partition coefficient (Wildman–Crippen LogP) is 1.90. The number of hydroxylamine groups is 1. The minimum atomic E-state index is -0.348. The van der Waals surface area contributed by atoms with Gasteiger partial charge in [-0.3, -0.25) is 9.63 Å². The van der Waals surface area contributed by atoms with Gasteiger partial charge in [0.2, 0.25) is 5.82 Å². The predicted molar refractivity (Wildman–Crippen MR) is 87.4 cm³/mol. The van der Waals surface area contributed by atoms with Gasteiger partial charge in [0.05, 0.1) is 6.61 Å². The maximum atomic E-state index is 11.8. The largest absolute Gasteiger partial charge is 0.271 e. The first kappa shape index (κ1) is 15.8. The minimum Gasteiger partial charge on any atom is -0.271 e. The Bertz CT molecular complexity index is 799. The Hall–Kier alpha value is -3.06. The Labute approximate surface area is 139 Å². The summed E-state index contributed by atoms with van der Waals surface area (Å²) in [7, 11) is 0. The van der Waals surface area contributed by atoms with Gasteiger partial charge in [0.15, 0.2) is 0 Å². The number of hydrogen-bond acceptors (Lipinski definition) is 5. The Morgan fingerprint density at radius 1 is 1.12 bits per heavy atom. The van der Waals surface area contributed by atoms with Crippen LogP contribution in [0.2, 0.25) is 0 Å². The molecule has 0 saturated heterocycles. The highest BCUT2D eigenvalue weighted by molar-refractivity contribution is 5.74. The molecule has 0 aliphatic rings. The lowest BCUT2D eigenvalue weighted by molar-refractivity contribution is -0.135. The van der Waals surface area contributed by atoms with Crippen LogP contribution in [-0.4, -0.2) is 26.1 Å². The second kappa shape index (κ2) is 7.47. The molecule has 122 valence electrons. The molecule has 0 radical (unpaired) electrons. The number of benzene rings is 2. The maximum absolute atomic E-state index is 11.8. The smallest absolute Gasteiger partial charge is 0.267 e. The fourth-order valence-electron chi connectivity index (χ4n) is 2.06. The number of nitrogens with one attached hydrogen (secondary N) is 1. The van der Waals surface area contributed by atoms with Crippen LogP contribution in [0.1, 0.15) is 11.1 Å². The van der Waals surface area contributed by atoms with Gasteiger partial charge in [-0.2, -0.15) is 4.80 Å². The molecule has 0 atom stereocenters. The fraction of sp³-hybridized carbons (Fsp3) is 0.176. The molecule has 3 rings (SSSR count). The van der Waals surface area contributed by atoms with Crippen molar-refractivity contribution in [3.05, 3.63) is 65.7 Å². The topological polar surface area (TPSA) is 81.9 Å². The summed E-state index contributed by atoms with van der Waals surface area (Å²) in [6.45, 7) is 2.24. The number of rotatable bonds is 6. The molecule has 0 saturated carbocycles. The van der Waals surface area contributed by atoms with Gasteiger partial charge in [0.1, 0.15) is 6.54 Å². The van der Waals surface area contributed by atoms with Crippen LogP contribution in [0.25, 0.3) is 11.4 Å². The van der Waals surface area contributed by atoms with Crippen molar-refractivity contribution in [3.63, 3.8) is 0 Å². The average molecular weight is 323 g/mol. The monoisotopic (exact) mass is 323 g/mol. The number of tetrazole rings is 1. The summed E-state index contributed by atoms with van der Waals surface area (Å²) < 4.78 is 0. The van der Waals surface area contributed by atoms with E-state index in [1.807, 2.05) is 61.5 Å². The van der Waals surface area contributed by atoms with E-state index >= 15 is 0 Å². The molecule has 0 aliphatic heterocycles. The molecule has 1 heterocycles. The van der Waals surface area contributed by atoms with Crippen molar-refractivity contribution in [1.82, 2.24) is 25.7 Å². The molecule has 1 N–H and O–H groups in total. The van der Waals surface area contributed by atoms with Gasteiger partial charge in [-0.15, -0.1) is 10.2 Å². The minimum absolute atomic E-state index is 0.0619. The highest BCUT2D eigenvalue weighted by Crippen LogP contribution is 2.13. The van der Waals surface area contributed by atoms with E-state index in [9.17, 15) is 4.79 Å². The van der Waals surface area contributed by atoms with Gasteiger partial charge in [0.25, 0.3) is 5.91 Å². The van der Waals surface area contributed by atoms with Crippen molar-refractivity contribution in [2.75, 3.05) is 0 Å². The van der Waals surface area contributed by atoms with Crippen LogP contribution in [0.4, 0.5) is 0 Å². The van der Waals surface area contributed by atoms with Crippen molar-refractivity contribution >= 4 is 5.91 Å². The van der Waals surface area contributed by atoms with E-state index in [4.69, 9.17) is 4.84 Å². The molecule has 7 nitrogen and oxygen atoms in total. The summed E-state index contributed by atoms with van der Waals surface area (Å²) in [5.41, 5.74) is 5.35. The number of carbonyl (C=O) groups excluding carboxylic acids is 1. The molecule has 0 aliphatic carbocycles. The zero-order chi connectivity index (χ0) is 16.8. The SMILES string of the molecule is Cc1ccc(-c2nnn(CC(=O)NOCc3ccccc3)n2)cc1. The molecule has 0 unspecified atom stereocenters. The van der Waals surface area contributed by atoms with Crippen molar-refractivity contribution in [3.8, 4) is 11.4 Å². The molecule has 0 fully saturated rings. The summed E-state index contributed by atoms with van der Waals surface area (Å²) in [6.07, 6.45) is 0. The zero-order valence-corrected chi connectivity index (χ0v) is 13.2. The van der Waals surface area contributed by atoms with E-state index in [0.29, 0.717) is 12.4 Å². The van der Waals surface area contributed by atoms with Gasteiger partial charge < -0.3 is 0 Å². The van der Waals surface area contributed by atoms with E-state index in [1.54, 1.807) is 0 Å². The fourth-order valence-corrected chi connectivity index (χ4v) is 2.06. The Kier molecular flexibility index (Phi) is 4.93. The second-order valence-corrected chi connectivity index (χ2v) is 5.31. The highest BCUT2D eigenvalue weighted by atomic mass is 16.6. The van der Waals surface area contributed by atoms with Crippen LogP contribution < -0.4 is 5.48 Å². The molecule has 2 aromatic carbocycles. The van der Waals surface area contributed by atoms with Crippen molar-refractivity contribution in [2.45, 2.75) is 20.1 Å². The molecule has 24 heavy (non-hydrogen) atoms. The van der Waals surface area contributed by atoms with E-state index in [2.05, 4.69) is 20.9 Å². The standard InChI is InChI=1S/C17H17N5O2/c1-13-7-9-15(10-8-13)17-18-21-22(19-17)11-16(23)20-24-12-14-5-3-2-4-6-14/h2-10H,11-12H2,1H3,(H,20,23). The molecule has 0 spiro atoms. The third-order valence-corrected chi connectivity index (χ3v) is 3.32. The lowest BCUT2D eigenvalue weighted by Gasteiger charge is -2.05. The van der Waals surface area contributed by atoms with Crippen LogP contribution in [0.5, 0.6) is 0 Å². The summed E-state index contributed by atoms with van der Waals surface area (Å²) in [5, 5.41) is 12.0. The molecular weight excluding hydrogens is 306 g/mol. The first-order valence-corrected chi connectivity index (χ1v) is 7.50. The second-order valence-electron chi connectivity index (χ2n) is 5.31. The molecule has 1 aromatic heterocycles. The molecule has 1 amide bonds. The van der Waals surface area contributed by atoms with Crippen LogP contribution in [0.15, 0.2) is 54.6 Å². The summed E-state index contributed by atoms with van der Waals surface area (Å²) in [6, 6.07) is 17.3. The van der Waals surface area contributed by atoms with Crippen LogP contribution in [-0.2, 0) is 22.8 Å². The van der Waals surface area contributed by atoms with Crippen molar-refractivity contribution in [2.24, 2.45) is 0 Å². The third-order valence-electron chi connectivity index (χ3n) is 3.32. The Morgan fingerprint density at radius 2 is 1.88 bits per heavy atom. The van der Waals surface area contributed by atoms with E-state index in [0.717, 1.165) is 16.7 Å². The normalized spacial score (nSPS) is 10.5. The first-order valence-electron chi connectivity index (χ1n) is 7.50. The lowest BCUT2D eigenvalue weighted by Crippen LogP contribution is -2.28. The third kappa shape index (κ3) is 4.23. The van der Waals surface area contributed by atoms with Gasteiger partial charge in [-0.25, -0.2) is 5.48 Å². The number of aromatic nitrogens is 4. The van der Waals surface area contributed by atoms with Gasteiger partial charge in [-0.05, 0) is 17.7 Å². The number of hydrogen-bond donors (Lipinski definition) is 1. The number of amides is 1. The summed E-state index contributed by atoms with van der Waals surface area (Å²) in [4.78, 5) is 18.2. The van der Waals surface area contributed by atoms with Crippen molar-refractivity contribution < 1.29 is 9.63 Å². The molecule has 0 bridgehead atoms. The van der Waals surface area contributed by atoms with E-state index < -0.39 is 0 Å². The van der Waals surface area contributed by atoms with Gasteiger partial charge in [-0.1, -0.05) is 60.2 Å². The van der Waals surface area contributed by atoms with E-state index in [1.165, 1.54) is 4.80 Å². The summed E-state index contributed by atoms with van der Waals surface area (Å²) in [5.74, 6) is 0.131. The number of carbonyl (C=O) groups is 1. The number of aryl methyl sites for hydroxylation is 1. The summed E-state index contributed by atoms with van der Waals surface area (Å²) >= 11 is 0. The maximum Gasteiger partial charge on any atom is 0.267 e. The Morgan fingerprint density at radius 3 is 2.62 bits per heavy atom. The molecule has 7 heteroatoms. The first-order chi connectivity index (χ1) is 11.7. The Balaban J connectivity index is 1.51. The van der Waals surface area contributed by atoms with Gasteiger partial charge >= 0.3 is 0 Å². The van der Waals surface area contributed by atoms with Crippen molar-refractivity contribution in [1.29, 1.82) is 0 Å². The average Bonchev–Trinajstić information content (AvgIpc) is 3.05. The lowest BCUT2D eigenvalue weighted by atomic mass is 10.1. The van der Waals surface area contributed by atoms with Gasteiger partial charge in [0, 0.05) is 5.56 Å². The van der Waals surface area contributed by atoms with Crippen LogP contribution in [0, 0.1) is 6.92 Å². The quantitative estimate of drug-likeness (QED) is 0.701. The van der Waals surface area contributed by atoms with E-state index in [-0.39, 0.29) is 12.5 Å². The highest BCUT2D eigenvalue weighted by Gasteiger charge is 2.09. The van der Waals surface area contributed by atoms with Crippen LogP contribution >= 0.6 is 0 Å². The zero-order valence-electron chi connectivity index (χ0n) is 13.2. The van der Waals surface area contributed by atoms with Crippen LogP contribution in [0.3, 0.4) is 0 Å². The molecular formula is C17H17N5O2. The number of nitrogens with zero attached hydrogens (tertiary/aromatic N) is 4.